The Morgan fingerprint density at radius 2 is 1.52 bits per heavy atom. The van der Waals surface area contributed by atoms with E-state index >= 15 is 0 Å². The van der Waals surface area contributed by atoms with Gasteiger partial charge in [0.2, 0.25) is 0 Å². The van der Waals surface area contributed by atoms with Crippen molar-refractivity contribution in [2.24, 2.45) is 11.8 Å². The van der Waals surface area contributed by atoms with Crippen molar-refractivity contribution in [3.8, 4) is 0 Å². The van der Waals surface area contributed by atoms with Crippen LogP contribution >= 0.6 is 0 Å². The van der Waals surface area contributed by atoms with Crippen LogP contribution in [-0.4, -0.2) is 37.7 Å². The van der Waals surface area contributed by atoms with E-state index < -0.39 is 23.8 Å². The highest BCUT2D eigenvalue weighted by Crippen LogP contribution is 2.32. The van der Waals surface area contributed by atoms with Crippen molar-refractivity contribution >= 4 is 17.9 Å². The van der Waals surface area contributed by atoms with Gasteiger partial charge < -0.3 is 14.2 Å². The predicted molar refractivity (Wildman–Crippen MR) is 74.2 cm³/mol. The zero-order valence-electron chi connectivity index (χ0n) is 12.3. The van der Waals surface area contributed by atoms with Crippen LogP contribution in [0.3, 0.4) is 0 Å². The summed E-state index contributed by atoms with van der Waals surface area (Å²) in [4.78, 5) is 34.7. The van der Waals surface area contributed by atoms with Crippen molar-refractivity contribution in [3.63, 3.8) is 0 Å². The molecule has 0 saturated heterocycles. The molecule has 0 aromatic heterocycles. The van der Waals surface area contributed by atoms with Gasteiger partial charge in [-0.15, -0.1) is 0 Å². The van der Waals surface area contributed by atoms with Crippen molar-refractivity contribution in [1.29, 1.82) is 0 Å². The zero-order valence-corrected chi connectivity index (χ0v) is 12.3. The van der Waals surface area contributed by atoms with E-state index in [2.05, 4.69) is 6.58 Å². The van der Waals surface area contributed by atoms with Crippen LogP contribution in [0, 0.1) is 11.8 Å². The maximum Gasteiger partial charge on any atom is 0.330 e. The molecule has 6 heteroatoms. The average molecular weight is 298 g/mol. The SMILES string of the molecule is C=CC(=O)OCCOC(=O)C1CCCCC1C(=O)OCC. The summed E-state index contributed by atoms with van der Waals surface area (Å²) in [5.41, 5.74) is 0. The normalized spacial score (nSPS) is 21.2. The first-order chi connectivity index (χ1) is 10.1. The molecule has 0 heterocycles. The number of carbonyl (C=O) groups is 3. The van der Waals surface area contributed by atoms with Gasteiger partial charge in [0.1, 0.15) is 13.2 Å². The molecule has 21 heavy (non-hydrogen) atoms. The Hall–Kier alpha value is -1.85. The van der Waals surface area contributed by atoms with Crippen LogP contribution in [0.25, 0.3) is 0 Å². The first-order valence-corrected chi connectivity index (χ1v) is 7.22. The second-order valence-electron chi connectivity index (χ2n) is 4.79. The summed E-state index contributed by atoms with van der Waals surface area (Å²) in [7, 11) is 0. The molecule has 1 fully saturated rings. The molecule has 1 saturated carbocycles. The summed E-state index contributed by atoms with van der Waals surface area (Å²) >= 11 is 0. The van der Waals surface area contributed by atoms with E-state index in [0.29, 0.717) is 19.4 Å². The van der Waals surface area contributed by atoms with Crippen LogP contribution in [-0.2, 0) is 28.6 Å². The fraction of sp³-hybridized carbons (Fsp3) is 0.667. The molecule has 1 aliphatic carbocycles. The molecule has 118 valence electrons. The van der Waals surface area contributed by atoms with Gasteiger partial charge in [0.15, 0.2) is 0 Å². The molecule has 1 aliphatic rings. The molecule has 0 N–H and O–H groups in total. The van der Waals surface area contributed by atoms with Gasteiger partial charge in [-0.2, -0.15) is 0 Å². The first-order valence-electron chi connectivity index (χ1n) is 7.22. The van der Waals surface area contributed by atoms with Crippen molar-refractivity contribution < 1.29 is 28.6 Å². The molecule has 6 nitrogen and oxygen atoms in total. The van der Waals surface area contributed by atoms with Crippen LogP contribution in [0.2, 0.25) is 0 Å². The highest BCUT2D eigenvalue weighted by molar-refractivity contribution is 5.82. The van der Waals surface area contributed by atoms with Gasteiger partial charge in [0.25, 0.3) is 0 Å². The van der Waals surface area contributed by atoms with Gasteiger partial charge >= 0.3 is 17.9 Å². The van der Waals surface area contributed by atoms with Gasteiger partial charge in [-0.1, -0.05) is 19.4 Å². The number of hydrogen-bond acceptors (Lipinski definition) is 6. The van der Waals surface area contributed by atoms with Gasteiger partial charge in [0, 0.05) is 6.08 Å². The van der Waals surface area contributed by atoms with Crippen molar-refractivity contribution in [2.75, 3.05) is 19.8 Å². The average Bonchev–Trinajstić information content (AvgIpc) is 2.51. The Labute approximate surface area is 124 Å². The number of rotatable bonds is 7. The Morgan fingerprint density at radius 3 is 2.05 bits per heavy atom. The third kappa shape index (κ3) is 5.57. The molecule has 0 spiro atoms. The number of ether oxygens (including phenoxy) is 3. The molecular weight excluding hydrogens is 276 g/mol. The highest BCUT2D eigenvalue weighted by atomic mass is 16.6. The van der Waals surface area contributed by atoms with E-state index in [-0.39, 0.29) is 19.2 Å². The fourth-order valence-electron chi connectivity index (χ4n) is 2.39. The topological polar surface area (TPSA) is 78.9 Å². The predicted octanol–water partition coefficient (Wildman–Crippen LogP) is 1.63. The number of carbonyl (C=O) groups excluding carboxylic acids is 3. The largest absolute Gasteiger partial charge is 0.466 e. The number of hydrogen-bond donors (Lipinski definition) is 0. The maximum atomic E-state index is 12.0. The smallest absolute Gasteiger partial charge is 0.330 e. The van der Waals surface area contributed by atoms with Crippen molar-refractivity contribution in [3.05, 3.63) is 12.7 Å². The number of esters is 3. The summed E-state index contributed by atoms with van der Waals surface area (Å²) in [5.74, 6) is -2.22. The molecule has 0 radical (unpaired) electrons. The Bertz CT molecular complexity index is 390. The summed E-state index contributed by atoms with van der Waals surface area (Å²) < 4.78 is 14.8. The lowest BCUT2D eigenvalue weighted by molar-refractivity contribution is -0.164. The van der Waals surface area contributed by atoms with Crippen LogP contribution in [0.1, 0.15) is 32.6 Å². The molecule has 2 atom stereocenters. The van der Waals surface area contributed by atoms with Crippen LogP contribution < -0.4 is 0 Å². The second-order valence-corrected chi connectivity index (χ2v) is 4.79. The minimum absolute atomic E-state index is 0.0204. The third-order valence-electron chi connectivity index (χ3n) is 3.40. The van der Waals surface area contributed by atoms with Crippen molar-refractivity contribution in [1.82, 2.24) is 0 Å². The van der Waals surface area contributed by atoms with Gasteiger partial charge in [-0.25, -0.2) is 4.79 Å². The zero-order chi connectivity index (χ0) is 15.7. The quantitative estimate of drug-likeness (QED) is 0.308. The summed E-state index contributed by atoms with van der Waals surface area (Å²) in [6.45, 7) is 5.26. The van der Waals surface area contributed by atoms with Crippen molar-refractivity contribution in [2.45, 2.75) is 32.6 Å². The van der Waals surface area contributed by atoms with E-state index in [1.807, 2.05) is 0 Å². The van der Waals surface area contributed by atoms with Crippen LogP contribution in [0.5, 0.6) is 0 Å². The first kappa shape index (κ1) is 17.2. The van der Waals surface area contributed by atoms with Gasteiger partial charge in [-0.3, -0.25) is 9.59 Å². The molecule has 0 bridgehead atoms. The maximum absolute atomic E-state index is 12.0. The van der Waals surface area contributed by atoms with E-state index in [1.165, 1.54) is 0 Å². The lowest BCUT2D eigenvalue weighted by Gasteiger charge is -2.28. The fourth-order valence-corrected chi connectivity index (χ4v) is 2.39. The van der Waals surface area contributed by atoms with E-state index in [1.54, 1.807) is 6.92 Å². The lowest BCUT2D eigenvalue weighted by atomic mass is 9.79. The van der Waals surface area contributed by atoms with Crippen LogP contribution in [0.15, 0.2) is 12.7 Å². The lowest BCUT2D eigenvalue weighted by Crippen LogP contribution is -2.35. The standard InChI is InChI=1S/C15H22O6/c1-3-13(16)20-9-10-21-15(18)12-8-6-5-7-11(12)14(17)19-4-2/h3,11-12H,1,4-10H2,2H3. The monoisotopic (exact) mass is 298 g/mol. The summed E-state index contributed by atoms with van der Waals surface area (Å²) in [6, 6.07) is 0. The molecule has 1 rings (SSSR count). The second kappa shape index (κ2) is 9.15. The molecule has 0 amide bonds. The molecule has 0 aromatic rings. The Balaban J connectivity index is 2.43. The summed E-state index contributed by atoms with van der Waals surface area (Å²) in [5, 5.41) is 0. The van der Waals surface area contributed by atoms with Gasteiger partial charge in [0.05, 0.1) is 18.4 Å². The minimum Gasteiger partial charge on any atom is -0.466 e. The van der Waals surface area contributed by atoms with E-state index in [0.717, 1.165) is 18.9 Å². The Kier molecular flexibility index (Phi) is 7.50. The Morgan fingerprint density at radius 1 is 1.00 bits per heavy atom. The molecule has 0 aliphatic heterocycles. The van der Waals surface area contributed by atoms with E-state index in [9.17, 15) is 14.4 Å². The molecule has 2 unspecified atom stereocenters. The summed E-state index contributed by atoms with van der Waals surface area (Å²) in [6.07, 6.45) is 4.10. The third-order valence-corrected chi connectivity index (χ3v) is 3.40. The van der Waals surface area contributed by atoms with E-state index in [4.69, 9.17) is 14.2 Å². The molecule has 0 aromatic carbocycles. The highest BCUT2D eigenvalue weighted by Gasteiger charge is 2.37. The molecular formula is C15H22O6. The minimum atomic E-state index is -0.562. The van der Waals surface area contributed by atoms with Gasteiger partial charge in [-0.05, 0) is 19.8 Å². The van der Waals surface area contributed by atoms with Crippen LogP contribution in [0.4, 0.5) is 0 Å².